The quantitative estimate of drug-likeness (QED) is 0.468. The third kappa shape index (κ3) is 6.35. The van der Waals surface area contributed by atoms with E-state index in [9.17, 15) is 19.5 Å². The fraction of sp³-hybridized carbons (Fsp3) is 0.423. The maximum absolute atomic E-state index is 12.6. The van der Waals surface area contributed by atoms with Crippen molar-refractivity contribution in [2.24, 2.45) is 0 Å². The second kappa shape index (κ2) is 11.7. The van der Waals surface area contributed by atoms with Gasteiger partial charge >= 0.3 is 12.1 Å². The number of carbonyl (C=O) groups excluding carboxylic acids is 2. The number of fused-ring (bicyclic) bond motifs is 3. The fourth-order valence-corrected chi connectivity index (χ4v) is 4.41. The molecule has 2 atom stereocenters. The molecule has 0 spiro atoms. The van der Waals surface area contributed by atoms with Crippen molar-refractivity contribution < 1.29 is 24.2 Å². The van der Waals surface area contributed by atoms with E-state index in [1.165, 1.54) is 0 Å². The van der Waals surface area contributed by atoms with Gasteiger partial charge in [0.2, 0.25) is 5.91 Å². The second-order valence-electron chi connectivity index (χ2n) is 8.88. The van der Waals surface area contributed by atoms with Gasteiger partial charge in [-0.15, -0.1) is 0 Å². The lowest BCUT2D eigenvalue weighted by atomic mass is 9.98. The number of rotatable bonds is 11. The molecule has 0 heterocycles. The number of alkyl carbamates (subject to hydrolysis) is 1. The topological polar surface area (TPSA) is 108 Å². The number of nitrogens with zero attached hydrogens (tertiary/aromatic N) is 1. The minimum Gasteiger partial charge on any atom is -0.480 e. The molecule has 0 radical (unpaired) electrons. The zero-order valence-electron chi connectivity index (χ0n) is 19.9. The number of hydrogen-bond donors (Lipinski definition) is 3. The number of aliphatic carboxylic acids is 1. The number of amides is 2. The van der Waals surface area contributed by atoms with E-state index >= 15 is 0 Å². The normalized spacial score (nSPS) is 14.1. The van der Waals surface area contributed by atoms with Crippen molar-refractivity contribution in [2.45, 2.75) is 44.2 Å². The summed E-state index contributed by atoms with van der Waals surface area (Å²) in [5, 5.41) is 14.7. The molecule has 0 aliphatic heterocycles. The first-order valence-electron chi connectivity index (χ1n) is 11.6. The summed E-state index contributed by atoms with van der Waals surface area (Å²) in [4.78, 5) is 38.2. The minimum atomic E-state index is -1.10. The molecular formula is C26H33N3O5. The third-order valence-corrected chi connectivity index (χ3v) is 5.92. The van der Waals surface area contributed by atoms with Gasteiger partial charge in [-0.1, -0.05) is 61.9 Å². The van der Waals surface area contributed by atoms with E-state index in [1.54, 1.807) is 19.0 Å². The van der Waals surface area contributed by atoms with Crippen molar-refractivity contribution in [1.82, 2.24) is 15.5 Å². The van der Waals surface area contributed by atoms with E-state index in [0.717, 1.165) is 28.7 Å². The first-order chi connectivity index (χ1) is 16.3. The lowest BCUT2D eigenvalue weighted by Crippen LogP contribution is -2.48. The van der Waals surface area contributed by atoms with E-state index < -0.39 is 30.1 Å². The number of benzene rings is 2. The van der Waals surface area contributed by atoms with Crippen molar-refractivity contribution in [3.05, 3.63) is 59.7 Å². The zero-order chi connectivity index (χ0) is 24.7. The number of hydrogen-bond acceptors (Lipinski definition) is 5. The number of carbonyl (C=O) groups is 3. The van der Waals surface area contributed by atoms with Crippen molar-refractivity contribution in [2.75, 3.05) is 27.2 Å². The van der Waals surface area contributed by atoms with Gasteiger partial charge in [-0.25, -0.2) is 9.59 Å². The summed E-state index contributed by atoms with van der Waals surface area (Å²) < 4.78 is 5.59. The number of carboxylic acids is 1. The highest BCUT2D eigenvalue weighted by Crippen LogP contribution is 2.44. The first-order valence-corrected chi connectivity index (χ1v) is 11.6. The van der Waals surface area contributed by atoms with Crippen molar-refractivity contribution in [1.29, 1.82) is 0 Å². The van der Waals surface area contributed by atoms with Crippen LogP contribution in [0, 0.1) is 0 Å². The smallest absolute Gasteiger partial charge is 0.407 e. The van der Waals surface area contributed by atoms with E-state index in [0.29, 0.717) is 6.42 Å². The van der Waals surface area contributed by atoms with Gasteiger partial charge in [0.05, 0.1) is 0 Å². The number of likely N-dealkylation sites (N-methyl/N-ethyl adjacent to an activating group) is 1. The van der Waals surface area contributed by atoms with Gasteiger partial charge in [-0.3, -0.25) is 4.79 Å². The Labute approximate surface area is 200 Å². The van der Waals surface area contributed by atoms with Crippen LogP contribution in [0.5, 0.6) is 0 Å². The summed E-state index contributed by atoms with van der Waals surface area (Å²) in [6, 6.07) is 14.8. The Kier molecular flexibility index (Phi) is 8.65. The maximum Gasteiger partial charge on any atom is 0.407 e. The van der Waals surface area contributed by atoms with Crippen LogP contribution in [-0.4, -0.2) is 67.3 Å². The molecule has 0 unspecified atom stereocenters. The van der Waals surface area contributed by atoms with Gasteiger partial charge in [0.15, 0.2) is 0 Å². The highest BCUT2D eigenvalue weighted by molar-refractivity contribution is 5.84. The molecule has 0 bridgehead atoms. The molecule has 2 amide bonds. The molecule has 8 nitrogen and oxygen atoms in total. The molecule has 2 aromatic rings. The second-order valence-corrected chi connectivity index (χ2v) is 8.88. The van der Waals surface area contributed by atoms with Gasteiger partial charge in [-0.2, -0.15) is 0 Å². The van der Waals surface area contributed by atoms with Gasteiger partial charge in [-0.05, 0) is 42.8 Å². The maximum atomic E-state index is 12.6. The Balaban J connectivity index is 1.58. The monoisotopic (exact) mass is 467 g/mol. The number of carboxylic acid groups (broad SMARTS) is 1. The summed E-state index contributed by atoms with van der Waals surface area (Å²) in [6.07, 6.45) is 0.719. The molecule has 1 aliphatic carbocycles. The molecule has 1 aliphatic rings. The van der Waals surface area contributed by atoms with Crippen LogP contribution in [-0.2, 0) is 14.3 Å². The molecule has 0 fully saturated rings. The van der Waals surface area contributed by atoms with Crippen LogP contribution in [0.4, 0.5) is 4.79 Å². The third-order valence-electron chi connectivity index (χ3n) is 5.92. The summed E-state index contributed by atoms with van der Waals surface area (Å²) in [7, 11) is 3.47. The Morgan fingerprint density at radius 1 is 1.00 bits per heavy atom. The summed E-state index contributed by atoms with van der Waals surface area (Å²) in [5.41, 5.74) is 4.56. The SMILES string of the molecule is CCC[C@@H](CC(=O)N[C@@H](CN(C)C)C(=O)O)NC(=O)OCC1c2ccccc2-c2ccccc21. The van der Waals surface area contributed by atoms with Crippen LogP contribution < -0.4 is 10.6 Å². The van der Waals surface area contributed by atoms with E-state index in [1.807, 2.05) is 31.2 Å². The van der Waals surface area contributed by atoms with Crippen LogP contribution >= 0.6 is 0 Å². The lowest BCUT2D eigenvalue weighted by molar-refractivity contribution is -0.142. The summed E-state index contributed by atoms with van der Waals surface area (Å²) >= 11 is 0. The molecule has 0 saturated heterocycles. The Morgan fingerprint density at radius 2 is 1.59 bits per heavy atom. The molecule has 0 saturated carbocycles. The molecule has 0 aromatic heterocycles. The predicted octanol–water partition coefficient (Wildman–Crippen LogP) is 3.21. The first kappa shape index (κ1) is 25.2. The van der Waals surface area contributed by atoms with Gasteiger partial charge < -0.3 is 25.4 Å². The zero-order valence-corrected chi connectivity index (χ0v) is 19.9. The molecule has 182 valence electrons. The van der Waals surface area contributed by atoms with Crippen LogP contribution in [0.15, 0.2) is 48.5 Å². The van der Waals surface area contributed by atoms with Crippen LogP contribution in [0.1, 0.15) is 43.2 Å². The Morgan fingerprint density at radius 3 is 2.12 bits per heavy atom. The van der Waals surface area contributed by atoms with Gasteiger partial charge in [0, 0.05) is 24.9 Å². The van der Waals surface area contributed by atoms with Crippen LogP contribution in [0.2, 0.25) is 0 Å². The van der Waals surface area contributed by atoms with Crippen LogP contribution in [0.25, 0.3) is 11.1 Å². The summed E-state index contributed by atoms with van der Waals surface area (Å²) in [5.74, 6) is -1.57. The van der Waals surface area contributed by atoms with E-state index in [4.69, 9.17) is 4.74 Å². The lowest BCUT2D eigenvalue weighted by Gasteiger charge is -2.22. The average Bonchev–Trinajstić information content (AvgIpc) is 3.11. The van der Waals surface area contributed by atoms with Crippen molar-refractivity contribution >= 4 is 18.0 Å². The standard InChI is InChI=1S/C26H33N3O5/c1-4-9-17(14-24(30)28-23(25(31)32)15-29(2)3)27-26(33)34-16-22-20-12-7-5-10-18(20)19-11-6-8-13-21(19)22/h5-8,10-13,17,22-23H,4,9,14-16H2,1-3H3,(H,27,33)(H,28,30)(H,31,32)/t17-,23-/m0/s1. The van der Waals surface area contributed by atoms with Gasteiger partial charge in [0.25, 0.3) is 0 Å². The molecule has 3 rings (SSSR count). The molecule has 34 heavy (non-hydrogen) atoms. The highest BCUT2D eigenvalue weighted by Gasteiger charge is 2.29. The van der Waals surface area contributed by atoms with Crippen molar-refractivity contribution in [3.63, 3.8) is 0 Å². The van der Waals surface area contributed by atoms with Gasteiger partial charge in [0.1, 0.15) is 12.6 Å². The van der Waals surface area contributed by atoms with E-state index in [2.05, 4.69) is 34.9 Å². The Bertz CT molecular complexity index is 978. The molecule has 8 heteroatoms. The van der Waals surface area contributed by atoms with E-state index in [-0.39, 0.29) is 25.5 Å². The highest BCUT2D eigenvalue weighted by atomic mass is 16.5. The fourth-order valence-electron chi connectivity index (χ4n) is 4.41. The predicted molar refractivity (Wildman–Crippen MR) is 130 cm³/mol. The Hall–Kier alpha value is -3.39. The van der Waals surface area contributed by atoms with Crippen molar-refractivity contribution in [3.8, 4) is 11.1 Å². The van der Waals surface area contributed by atoms with Crippen LogP contribution in [0.3, 0.4) is 0 Å². The molecule has 2 aromatic carbocycles. The molecular weight excluding hydrogens is 434 g/mol. The summed E-state index contributed by atoms with van der Waals surface area (Å²) in [6.45, 7) is 2.32. The minimum absolute atomic E-state index is 0.0186. The average molecular weight is 468 g/mol. The molecule has 3 N–H and O–H groups in total. The number of nitrogens with one attached hydrogen (secondary N) is 2. The number of ether oxygens (including phenoxy) is 1. The largest absolute Gasteiger partial charge is 0.480 e.